The molecule has 0 aliphatic carbocycles. The van der Waals surface area contributed by atoms with Crippen molar-refractivity contribution in [3.05, 3.63) is 0 Å². The third kappa shape index (κ3) is 9.22. The predicted octanol–water partition coefficient (Wildman–Crippen LogP) is 2.99. The van der Waals surface area contributed by atoms with E-state index in [0.717, 1.165) is 12.8 Å². The maximum atomic E-state index is 12.6. The van der Waals surface area contributed by atoms with Gasteiger partial charge >= 0.3 is 23.8 Å². The van der Waals surface area contributed by atoms with Crippen molar-refractivity contribution in [2.75, 3.05) is 13.1 Å². The van der Waals surface area contributed by atoms with Crippen molar-refractivity contribution in [2.45, 2.75) is 141 Å². The van der Waals surface area contributed by atoms with Crippen molar-refractivity contribution < 1.29 is 29.4 Å². The summed E-state index contributed by atoms with van der Waals surface area (Å²) >= 11 is 0. The predicted molar refractivity (Wildman–Crippen MR) is 146 cm³/mol. The zero-order chi connectivity index (χ0) is 29.1. The van der Waals surface area contributed by atoms with E-state index in [1.165, 1.54) is 9.80 Å². The van der Waals surface area contributed by atoms with Crippen LogP contribution >= 0.6 is 0 Å². The summed E-state index contributed by atoms with van der Waals surface area (Å²) < 4.78 is 0. The highest BCUT2D eigenvalue weighted by Crippen LogP contribution is 2.33. The van der Waals surface area contributed by atoms with Crippen LogP contribution < -0.4 is 10.6 Å². The Balaban J connectivity index is 1.97. The Hall–Kier alpha value is -2.20. The highest BCUT2D eigenvalue weighted by Gasteiger charge is 2.43. The zero-order valence-electron chi connectivity index (χ0n) is 24.6. The van der Waals surface area contributed by atoms with E-state index in [-0.39, 0.29) is 34.2 Å². The van der Waals surface area contributed by atoms with E-state index < -0.39 is 23.8 Å². The molecule has 2 saturated heterocycles. The minimum atomic E-state index is -1.44. The first kappa shape index (κ1) is 32.0. The number of rotatable bonds is 9. The maximum Gasteiger partial charge on any atom is 0.394 e. The average molecular weight is 539 g/mol. The van der Waals surface area contributed by atoms with Gasteiger partial charge in [0, 0.05) is 47.3 Å². The zero-order valence-corrected chi connectivity index (χ0v) is 24.6. The number of carbonyl (C=O) groups excluding carboxylic acids is 2. The van der Waals surface area contributed by atoms with E-state index >= 15 is 0 Å². The summed E-state index contributed by atoms with van der Waals surface area (Å²) in [6.07, 6.45) is 5.47. The van der Waals surface area contributed by atoms with E-state index in [0.29, 0.717) is 51.6 Å². The summed E-state index contributed by atoms with van der Waals surface area (Å²) in [4.78, 5) is 51.4. The number of hydrogen-bond donors (Lipinski definition) is 4. The van der Waals surface area contributed by atoms with E-state index in [9.17, 15) is 29.4 Å². The Morgan fingerprint density at radius 2 is 0.842 bits per heavy atom. The van der Waals surface area contributed by atoms with Crippen molar-refractivity contribution in [3.8, 4) is 0 Å². The number of amides is 2. The lowest BCUT2D eigenvalue weighted by Crippen LogP contribution is -2.63. The van der Waals surface area contributed by atoms with Gasteiger partial charge in [-0.25, -0.2) is 9.59 Å². The number of carboxylic acid groups (broad SMARTS) is 2. The quantitative estimate of drug-likeness (QED) is 0.260. The lowest BCUT2D eigenvalue weighted by molar-refractivity contribution is -0.158. The molecule has 218 valence electrons. The molecule has 2 amide bonds. The summed E-state index contributed by atoms with van der Waals surface area (Å²) in [6, 6.07) is -0.333. The number of aliphatic carboxylic acids is 2. The van der Waals surface area contributed by atoms with E-state index in [2.05, 4.69) is 66.0 Å². The lowest BCUT2D eigenvalue weighted by Gasteiger charge is -2.49. The largest absolute Gasteiger partial charge is 0.474 e. The summed E-state index contributed by atoms with van der Waals surface area (Å²) in [5.41, 5.74) is -0.884. The summed E-state index contributed by atoms with van der Waals surface area (Å²) in [6.45, 7) is 17.3. The Bertz CT molecular complexity index is 794. The fourth-order valence-corrected chi connectivity index (χ4v) is 7.04. The molecule has 10 nitrogen and oxygen atoms in total. The third-order valence-corrected chi connectivity index (χ3v) is 7.65. The third-order valence-electron chi connectivity index (χ3n) is 7.65. The van der Waals surface area contributed by atoms with Gasteiger partial charge in [0.15, 0.2) is 0 Å². The van der Waals surface area contributed by atoms with Crippen LogP contribution in [0.5, 0.6) is 0 Å². The fourth-order valence-electron chi connectivity index (χ4n) is 7.04. The maximum absolute atomic E-state index is 12.6. The molecule has 10 heteroatoms. The van der Waals surface area contributed by atoms with Gasteiger partial charge in [-0.3, -0.25) is 9.59 Å². The molecule has 0 saturated carbocycles. The van der Waals surface area contributed by atoms with Crippen molar-refractivity contribution in [1.82, 2.24) is 20.4 Å². The SMILES string of the molecule is CC1(C)CC(N(CCCCCCN(C(=O)C(=O)O)C2CC(C)(C)NC(C)(C)C2)C(=O)C(=O)O)CC(C)(C)N1. The molecule has 0 atom stereocenters. The average Bonchev–Trinajstić information content (AvgIpc) is 2.70. The molecule has 4 N–H and O–H groups in total. The fraction of sp³-hybridized carbons (Fsp3) is 0.857. The lowest BCUT2D eigenvalue weighted by atomic mass is 9.79. The molecule has 2 rings (SSSR count). The monoisotopic (exact) mass is 538 g/mol. The van der Waals surface area contributed by atoms with E-state index in [1.54, 1.807) is 0 Å². The van der Waals surface area contributed by atoms with Crippen LogP contribution in [-0.4, -0.2) is 91.1 Å². The number of nitrogens with one attached hydrogen (secondary N) is 2. The van der Waals surface area contributed by atoms with Crippen molar-refractivity contribution >= 4 is 23.8 Å². The molecular weight excluding hydrogens is 488 g/mol. The van der Waals surface area contributed by atoms with Crippen molar-refractivity contribution in [1.29, 1.82) is 0 Å². The smallest absolute Gasteiger partial charge is 0.394 e. The molecule has 2 heterocycles. The Kier molecular flexibility index (Phi) is 10.0. The Morgan fingerprint density at radius 3 is 1.08 bits per heavy atom. The van der Waals surface area contributed by atoms with Gasteiger partial charge < -0.3 is 30.6 Å². The molecule has 0 aromatic rings. The second kappa shape index (κ2) is 11.9. The molecule has 0 aromatic carbocycles. The van der Waals surface area contributed by atoms with E-state index in [1.807, 2.05) is 0 Å². The number of hydrogen-bond acceptors (Lipinski definition) is 6. The van der Waals surface area contributed by atoms with Crippen molar-refractivity contribution in [2.24, 2.45) is 0 Å². The van der Waals surface area contributed by atoms with Gasteiger partial charge in [0.1, 0.15) is 0 Å². The number of unbranched alkanes of at least 4 members (excludes halogenated alkanes) is 3. The van der Waals surface area contributed by atoms with Crippen LogP contribution in [0, 0.1) is 0 Å². The van der Waals surface area contributed by atoms with Gasteiger partial charge in [-0.05, 0) is 93.9 Å². The second-order valence-corrected chi connectivity index (χ2v) is 13.9. The van der Waals surface area contributed by atoms with Gasteiger partial charge in [-0.15, -0.1) is 0 Å². The van der Waals surface area contributed by atoms with Crippen LogP contribution in [0.2, 0.25) is 0 Å². The van der Waals surface area contributed by atoms with E-state index in [4.69, 9.17) is 0 Å². The van der Waals surface area contributed by atoms with Crippen LogP contribution in [0.15, 0.2) is 0 Å². The molecular formula is C28H50N4O6. The molecule has 0 radical (unpaired) electrons. The standard InChI is InChI=1S/C28H50N4O6/c1-25(2)15-19(16-26(3,4)29-25)31(21(33)23(35)36)13-11-9-10-12-14-32(22(34)24(37)38)20-17-27(5,6)30-28(7,8)18-20/h19-20,29-30H,9-18H2,1-8H3,(H,35,36)(H,37,38). The summed E-state index contributed by atoms with van der Waals surface area (Å²) in [5, 5.41) is 26.0. The molecule has 0 spiro atoms. The van der Waals surface area contributed by atoms with Crippen LogP contribution in [-0.2, 0) is 19.2 Å². The van der Waals surface area contributed by atoms with Gasteiger partial charge in [-0.1, -0.05) is 12.8 Å². The summed E-state index contributed by atoms with van der Waals surface area (Å²) in [5.74, 6) is -4.60. The normalized spacial score (nSPS) is 22.4. The molecule has 2 aliphatic rings. The van der Waals surface area contributed by atoms with Gasteiger partial charge in [0.25, 0.3) is 0 Å². The first-order chi connectivity index (χ1) is 17.2. The van der Waals surface area contributed by atoms with Crippen LogP contribution in [0.25, 0.3) is 0 Å². The molecule has 0 aromatic heterocycles. The highest BCUT2D eigenvalue weighted by molar-refractivity contribution is 6.31. The molecule has 0 bridgehead atoms. The summed E-state index contributed by atoms with van der Waals surface area (Å²) in [7, 11) is 0. The van der Waals surface area contributed by atoms with Crippen molar-refractivity contribution in [3.63, 3.8) is 0 Å². The van der Waals surface area contributed by atoms with Crippen LogP contribution in [0.3, 0.4) is 0 Å². The molecule has 0 unspecified atom stereocenters. The van der Waals surface area contributed by atoms with Gasteiger partial charge in [0.2, 0.25) is 0 Å². The molecule has 2 fully saturated rings. The number of piperidine rings is 2. The first-order valence-corrected chi connectivity index (χ1v) is 13.9. The van der Waals surface area contributed by atoms with Gasteiger partial charge in [0.05, 0.1) is 0 Å². The number of nitrogens with zero attached hydrogens (tertiary/aromatic N) is 2. The first-order valence-electron chi connectivity index (χ1n) is 13.9. The number of carboxylic acids is 2. The molecule has 2 aliphatic heterocycles. The molecule has 38 heavy (non-hydrogen) atoms. The van der Waals surface area contributed by atoms with Crippen LogP contribution in [0.1, 0.15) is 107 Å². The van der Waals surface area contributed by atoms with Gasteiger partial charge in [-0.2, -0.15) is 0 Å². The minimum absolute atomic E-state index is 0.167. The topological polar surface area (TPSA) is 139 Å². The van der Waals surface area contributed by atoms with Crippen LogP contribution in [0.4, 0.5) is 0 Å². The second-order valence-electron chi connectivity index (χ2n) is 13.9. The minimum Gasteiger partial charge on any atom is -0.474 e. The number of carbonyl (C=O) groups is 4. The highest BCUT2D eigenvalue weighted by atomic mass is 16.4. The Morgan fingerprint density at radius 1 is 0.579 bits per heavy atom. The Labute approximate surface area is 227 Å².